The van der Waals surface area contributed by atoms with E-state index < -0.39 is 29.5 Å². The molecule has 1 unspecified atom stereocenters. The molecule has 6 heteroatoms. The predicted molar refractivity (Wildman–Crippen MR) is 49.6 cm³/mol. The molecule has 2 amide bonds. The lowest BCUT2D eigenvalue weighted by Gasteiger charge is -2.07. The number of nitrogens with one attached hydrogen (secondary N) is 1. The molecule has 0 spiro atoms. The van der Waals surface area contributed by atoms with Crippen LogP contribution in [-0.4, -0.2) is 30.7 Å². The second kappa shape index (κ2) is 5.90. The Kier molecular flexibility index (Phi) is 5.22. The van der Waals surface area contributed by atoms with Crippen LogP contribution in [0.2, 0.25) is 0 Å². The van der Waals surface area contributed by atoms with Gasteiger partial charge in [0.1, 0.15) is 5.92 Å². The fourth-order valence-corrected chi connectivity index (χ4v) is 0.757. The van der Waals surface area contributed by atoms with Gasteiger partial charge in [-0.15, -0.1) is 0 Å². The van der Waals surface area contributed by atoms with E-state index in [2.05, 4.69) is 4.74 Å². The van der Waals surface area contributed by atoms with E-state index in [9.17, 15) is 19.2 Å². The summed E-state index contributed by atoms with van der Waals surface area (Å²) >= 11 is 0. The molecular weight excluding hydrogens is 202 g/mol. The number of imide groups is 1. The van der Waals surface area contributed by atoms with Gasteiger partial charge in [-0.25, -0.2) is 0 Å². The van der Waals surface area contributed by atoms with E-state index in [1.807, 2.05) is 5.32 Å². The van der Waals surface area contributed by atoms with Crippen molar-refractivity contribution < 1.29 is 23.9 Å². The zero-order chi connectivity index (χ0) is 12.0. The number of methoxy groups -OCH3 is 1. The Bertz CT molecular complexity index is 297. The zero-order valence-corrected chi connectivity index (χ0v) is 8.83. The minimum absolute atomic E-state index is 0.0889. The number of carbonyl (C=O) groups is 4. The molecule has 0 aromatic rings. The van der Waals surface area contributed by atoms with Crippen molar-refractivity contribution in [2.24, 2.45) is 5.92 Å². The number of ether oxygens (including phenoxy) is 1. The first-order valence-electron chi connectivity index (χ1n) is 4.39. The van der Waals surface area contributed by atoms with Crippen LogP contribution in [0, 0.1) is 5.92 Å². The highest BCUT2D eigenvalue weighted by Gasteiger charge is 2.28. The maximum Gasteiger partial charge on any atom is 0.316 e. The van der Waals surface area contributed by atoms with Gasteiger partial charge in [0.2, 0.25) is 11.7 Å². The summed E-state index contributed by atoms with van der Waals surface area (Å²) in [6.07, 6.45) is 0.0889. The Morgan fingerprint density at radius 2 is 1.80 bits per heavy atom. The molecule has 0 bridgehead atoms. The number of esters is 1. The van der Waals surface area contributed by atoms with Crippen LogP contribution in [0.15, 0.2) is 0 Å². The molecule has 1 atom stereocenters. The predicted octanol–water partition coefficient (Wildman–Crippen LogP) is -0.583. The maximum absolute atomic E-state index is 11.2. The van der Waals surface area contributed by atoms with Crippen molar-refractivity contribution in [2.45, 2.75) is 20.3 Å². The van der Waals surface area contributed by atoms with Crippen LogP contribution in [0.5, 0.6) is 0 Å². The van der Waals surface area contributed by atoms with E-state index in [-0.39, 0.29) is 6.42 Å². The van der Waals surface area contributed by atoms with Gasteiger partial charge in [0.05, 0.1) is 7.11 Å². The number of hydrogen-bond acceptors (Lipinski definition) is 5. The lowest BCUT2D eigenvalue weighted by atomic mass is 10.1. The second-order valence-electron chi connectivity index (χ2n) is 2.84. The highest BCUT2D eigenvalue weighted by atomic mass is 16.5. The third kappa shape index (κ3) is 3.88. The molecule has 0 radical (unpaired) electrons. The third-order valence-electron chi connectivity index (χ3n) is 1.75. The minimum atomic E-state index is -1.19. The van der Waals surface area contributed by atoms with Gasteiger partial charge in [-0.3, -0.25) is 24.5 Å². The molecule has 0 fully saturated rings. The summed E-state index contributed by atoms with van der Waals surface area (Å²) in [6.45, 7) is 2.78. The molecule has 0 aliphatic heterocycles. The van der Waals surface area contributed by atoms with Crippen LogP contribution in [0.3, 0.4) is 0 Å². The molecule has 0 aliphatic rings. The maximum atomic E-state index is 11.2. The average Bonchev–Trinajstić information content (AvgIpc) is 2.25. The number of carbonyl (C=O) groups excluding carboxylic acids is 4. The van der Waals surface area contributed by atoms with Crippen LogP contribution >= 0.6 is 0 Å². The molecule has 0 aromatic heterocycles. The summed E-state index contributed by atoms with van der Waals surface area (Å²) in [4.78, 5) is 44.0. The first kappa shape index (κ1) is 13.3. The van der Waals surface area contributed by atoms with Crippen molar-refractivity contribution in [1.82, 2.24) is 5.32 Å². The first-order valence-corrected chi connectivity index (χ1v) is 4.39. The van der Waals surface area contributed by atoms with Crippen LogP contribution in [0.25, 0.3) is 0 Å². The lowest BCUT2D eigenvalue weighted by Crippen LogP contribution is -2.40. The summed E-state index contributed by atoms with van der Waals surface area (Å²) in [5.41, 5.74) is 0. The number of ketones is 1. The highest BCUT2D eigenvalue weighted by molar-refractivity contribution is 6.42. The smallest absolute Gasteiger partial charge is 0.316 e. The Balaban J connectivity index is 4.39. The van der Waals surface area contributed by atoms with E-state index >= 15 is 0 Å². The minimum Gasteiger partial charge on any atom is -0.468 e. The van der Waals surface area contributed by atoms with Gasteiger partial charge in [0.25, 0.3) is 5.91 Å². The van der Waals surface area contributed by atoms with E-state index in [0.717, 1.165) is 7.11 Å². The van der Waals surface area contributed by atoms with E-state index in [1.165, 1.54) is 13.8 Å². The van der Waals surface area contributed by atoms with Crippen molar-refractivity contribution in [3.63, 3.8) is 0 Å². The van der Waals surface area contributed by atoms with Crippen LogP contribution in [0.1, 0.15) is 20.3 Å². The molecule has 84 valence electrons. The Morgan fingerprint density at radius 1 is 1.27 bits per heavy atom. The quantitative estimate of drug-likeness (QED) is 0.385. The van der Waals surface area contributed by atoms with Gasteiger partial charge >= 0.3 is 5.97 Å². The molecule has 0 aliphatic carbocycles. The van der Waals surface area contributed by atoms with Gasteiger partial charge < -0.3 is 4.74 Å². The van der Waals surface area contributed by atoms with Gasteiger partial charge in [0.15, 0.2) is 0 Å². The number of amides is 2. The molecule has 0 heterocycles. The zero-order valence-electron chi connectivity index (χ0n) is 8.83. The normalized spacial score (nSPS) is 11.4. The van der Waals surface area contributed by atoms with Gasteiger partial charge in [0, 0.05) is 6.42 Å². The van der Waals surface area contributed by atoms with Gasteiger partial charge in [-0.2, -0.15) is 0 Å². The van der Waals surface area contributed by atoms with E-state index in [4.69, 9.17) is 0 Å². The van der Waals surface area contributed by atoms with E-state index in [0.29, 0.717) is 0 Å². The number of Topliss-reactive ketones (excluding diaryl/α,β-unsaturated/α-hetero) is 1. The van der Waals surface area contributed by atoms with Crippen molar-refractivity contribution in [3.05, 3.63) is 0 Å². The molecule has 15 heavy (non-hydrogen) atoms. The Labute approximate surface area is 87.0 Å². The average molecular weight is 215 g/mol. The fourth-order valence-electron chi connectivity index (χ4n) is 0.757. The summed E-state index contributed by atoms with van der Waals surface area (Å²) in [5.74, 6) is -4.63. The van der Waals surface area contributed by atoms with Crippen molar-refractivity contribution in [3.8, 4) is 0 Å². The molecule has 6 nitrogen and oxygen atoms in total. The van der Waals surface area contributed by atoms with Crippen LogP contribution < -0.4 is 5.32 Å². The van der Waals surface area contributed by atoms with Crippen molar-refractivity contribution in [2.75, 3.05) is 7.11 Å². The first-order chi connectivity index (χ1) is 6.93. The third-order valence-corrected chi connectivity index (χ3v) is 1.75. The SMILES string of the molecule is CCC(=O)NC(=O)C(=O)C(C)C(=O)OC. The highest BCUT2D eigenvalue weighted by Crippen LogP contribution is 1.99. The summed E-state index contributed by atoms with van der Waals surface area (Å²) < 4.78 is 4.29. The largest absolute Gasteiger partial charge is 0.468 e. The van der Waals surface area contributed by atoms with Gasteiger partial charge in [-0.05, 0) is 6.92 Å². The monoisotopic (exact) mass is 215 g/mol. The second-order valence-corrected chi connectivity index (χ2v) is 2.84. The summed E-state index contributed by atoms with van der Waals surface area (Å²) in [5, 5.41) is 1.85. The van der Waals surface area contributed by atoms with Crippen LogP contribution in [0.4, 0.5) is 0 Å². The molecular formula is C9H13NO5. The van der Waals surface area contributed by atoms with Crippen molar-refractivity contribution in [1.29, 1.82) is 0 Å². The number of rotatable bonds is 4. The van der Waals surface area contributed by atoms with E-state index in [1.54, 1.807) is 0 Å². The molecule has 0 aromatic carbocycles. The Morgan fingerprint density at radius 3 is 2.20 bits per heavy atom. The molecule has 0 saturated carbocycles. The fraction of sp³-hybridized carbons (Fsp3) is 0.556. The Hall–Kier alpha value is -1.72. The van der Waals surface area contributed by atoms with Gasteiger partial charge in [-0.1, -0.05) is 6.92 Å². The molecule has 0 rings (SSSR count). The van der Waals surface area contributed by atoms with Crippen molar-refractivity contribution >= 4 is 23.6 Å². The van der Waals surface area contributed by atoms with Crippen LogP contribution in [-0.2, 0) is 23.9 Å². The number of hydrogen-bond donors (Lipinski definition) is 1. The molecule has 0 saturated heterocycles. The standard InChI is InChI=1S/C9H13NO5/c1-4-6(11)10-8(13)7(12)5(2)9(14)15-3/h5H,4H2,1-3H3,(H,10,11,13). The lowest BCUT2D eigenvalue weighted by molar-refractivity contribution is -0.153. The summed E-state index contributed by atoms with van der Waals surface area (Å²) in [7, 11) is 1.11. The summed E-state index contributed by atoms with van der Waals surface area (Å²) in [6, 6.07) is 0. The molecule has 1 N–H and O–H groups in total. The topological polar surface area (TPSA) is 89.5 Å².